The summed E-state index contributed by atoms with van der Waals surface area (Å²) in [7, 11) is 0. The van der Waals surface area contributed by atoms with Gasteiger partial charge in [-0.3, -0.25) is 4.98 Å². The molecule has 5 aromatic rings. The van der Waals surface area contributed by atoms with E-state index in [4.69, 9.17) is 15.2 Å². The van der Waals surface area contributed by atoms with Crippen molar-refractivity contribution in [3.63, 3.8) is 0 Å². The van der Waals surface area contributed by atoms with Crippen LogP contribution in [0.2, 0.25) is 0 Å². The Morgan fingerprint density at radius 3 is 2.82 bits per heavy atom. The molecule has 1 aliphatic heterocycles. The fourth-order valence-electron chi connectivity index (χ4n) is 4.54. The summed E-state index contributed by atoms with van der Waals surface area (Å²) in [5.41, 5.74) is 12.2. The monoisotopic (exact) mass is 450 g/mol. The van der Waals surface area contributed by atoms with E-state index in [1.54, 1.807) is 6.20 Å². The van der Waals surface area contributed by atoms with E-state index in [0.29, 0.717) is 18.0 Å². The number of ether oxygens (including phenoxy) is 2. The highest BCUT2D eigenvalue weighted by atomic mass is 16.5. The van der Waals surface area contributed by atoms with E-state index >= 15 is 0 Å². The van der Waals surface area contributed by atoms with Gasteiger partial charge in [-0.05, 0) is 42.0 Å². The van der Waals surface area contributed by atoms with Gasteiger partial charge >= 0.3 is 0 Å². The molecule has 0 radical (unpaired) electrons. The summed E-state index contributed by atoms with van der Waals surface area (Å²) < 4.78 is 13.7. The summed E-state index contributed by atoms with van der Waals surface area (Å²) in [6, 6.07) is 24.9. The highest BCUT2D eigenvalue weighted by molar-refractivity contribution is 5.97. The number of aromatic nitrogens is 2. The van der Waals surface area contributed by atoms with E-state index in [1.807, 2.05) is 24.3 Å². The molecule has 0 saturated carbocycles. The molecule has 1 aliphatic rings. The van der Waals surface area contributed by atoms with Gasteiger partial charge in [-0.15, -0.1) is 0 Å². The molecule has 1 fully saturated rings. The maximum atomic E-state index is 6.34. The van der Waals surface area contributed by atoms with Crippen molar-refractivity contribution in [2.24, 2.45) is 0 Å². The van der Waals surface area contributed by atoms with Crippen LogP contribution in [0.5, 0.6) is 5.75 Å². The molecule has 2 aromatic heterocycles. The van der Waals surface area contributed by atoms with Crippen molar-refractivity contribution < 1.29 is 9.47 Å². The number of pyridine rings is 1. The fraction of sp³-hybridized carbons (Fsp3) is 0.179. The number of nitrogens with two attached hydrogens (primary N) is 1. The zero-order valence-corrected chi connectivity index (χ0v) is 18.8. The Labute approximate surface area is 197 Å². The smallest absolute Gasteiger partial charge is 0.144 e. The molecule has 1 unspecified atom stereocenters. The molecule has 1 saturated heterocycles. The molecule has 3 heterocycles. The Kier molecular flexibility index (Phi) is 5.28. The molecule has 3 N–H and O–H groups in total. The minimum absolute atomic E-state index is 0.0435. The van der Waals surface area contributed by atoms with E-state index in [1.165, 1.54) is 16.5 Å². The van der Waals surface area contributed by atoms with Crippen LogP contribution in [0.25, 0.3) is 21.8 Å². The van der Waals surface area contributed by atoms with Gasteiger partial charge in [0.1, 0.15) is 11.9 Å². The van der Waals surface area contributed by atoms with Crippen molar-refractivity contribution in [3.8, 4) is 5.75 Å². The second-order valence-electron chi connectivity index (χ2n) is 8.70. The molecule has 6 rings (SSSR count). The number of hydrogen-bond donors (Lipinski definition) is 2. The number of nitrogens with zero attached hydrogens (tertiary/aromatic N) is 2. The summed E-state index contributed by atoms with van der Waals surface area (Å²) in [4.78, 5) is 4.54. The SMILES string of the molecule is Nc1cc2c(Nc3ccc4c(ccn4Cc4ccccc4)c3)ccnc2cc1OC1CCOC1. The minimum atomic E-state index is 0.0435. The van der Waals surface area contributed by atoms with Crippen LogP contribution >= 0.6 is 0 Å². The van der Waals surface area contributed by atoms with Gasteiger partial charge in [-0.2, -0.15) is 0 Å². The number of fused-ring (bicyclic) bond motifs is 2. The van der Waals surface area contributed by atoms with Gasteiger partial charge in [0.2, 0.25) is 0 Å². The zero-order valence-electron chi connectivity index (χ0n) is 18.8. The first-order chi connectivity index (χ1) is 16.7. The maximum absolute atomic E-state index is 6.34. The molecule has 0 aliphatic carbocycles. The van der Waals surface area contributed by atoms with Crippen LogP contribution in [-0.2, 0) is 11.3 Å². The molecule has 6 heteroatoms. The third kappa shape index (κ3) is 4.04. The van der Waals surface area contributed by atoms with E-state index < -0.39 is 0 Å². The molecule has 6 nitrogen and oxygen atoms in total. The van der Waals surface area contributed by atoms with Crippen LogP contribution < -0.4 is 15.8 Å². The largest absolute Gasteiger partial charge is 0.486 e. The summed E-state index contributed by atoms with van der Waals surface area (Å²) >= 11 is 0. The normalized spacial score (nSPS) is 15.7. The van der Waals surface area contributed by atoms with Crippen molar-refractivity contribution in [1.29, 1.82) is 0 Å². The lowest BCUT2D eigenvalue weighted by atomic mass is 10.1. The molecule has 0 bridgehead atoms. The number of benzene rings is 3. The average Bonchev–Trinajstić information content (AvgIpc) is 3.51. The van der Waals surface area contributed by atoms with Crippen LogP contribution in [0.1, 0.15) is 12.0 Å². The molecule has 3 aromatic carbocycles. The number of nitrogen functional groups attached to an aromatic ring is 1. The lowest BCUT2D eigenvalue weighted by Gasteiger charge is -2.16. The van der Waals surface area contributed by atoms with Gasteiger partial charge in [-0.1, -0.05) is 30.3 Å². The third-order valence-electron chi connectivity index (χ3n) is 6.30. The fourth-order valence-corrected chi connectivity index (χ4v) is 4.54. The van der Waals surface area contributed by atoms with Crippen LogP contribution in [0, 0.1) is 0 Å². The van der Waals surface area contributed by atoms with Crippen molar-refractivity contribution in [1.82, 2.24) is 9.55 Å². The van der Waals surface area contributed by atoms with Crippen molar-refractivity contribution in [2.45, 2.75) is 19.1 Å². The number of hydrogen-bond acceptors (Lipinski definition) is 5. The molecular weight excluding hydrogens is 424 g/mol. The second-order valence-corrected chi connectivity index (χ2v) is 8.70. The van der Waals surface area contributed by atoms with E-state index in [0.717, 1.165) is 41.9 Å². The standard InChI is InChI=1S/C28H26N4O2/c29-24-15-23-25(8-11-30-26(23)16-28(24)34-22-10-13-33-18-22)31-21-6-7-27-20(14-21)9-12-32(27)17-19-4-2-1-3-5-19/h1-9,11-12,14-16,22H,10,13,17-18,29H2,(H,30,31). The second kappa shape index (κ2) is 8.72. The van der Waals surface area contributed by atoms with Crippen LogP contribution in [0.15, 0.2) is 85.2 Å². The molecule has 1 atom stereocenters. The predicted molar refractivity (Wildman–Crippen MR) is 137 cm³/mol. The first kappa shape index (κ1) is 20.6. The Bertz CT molecular complexity index is 1460. The van der Waals surface area contributed by atoms with Gasteiger partial charge in [0.15, 0.2) is 0 Å². The lowest BCUT2D eigenvalue weighted by molar-refractivity contribution is 0.142. The molecule has 170 valence electrons. The predicted octanol–water partition coefficient (Wildman–Crippen LogP) is 5.73. The van der Waals surface area contributed by atoms with Gasteiger partial charge in [-0.25, -0.2) is 0 Å². The third-order valence-corrected chi connectivity index (χ3v) is 6.30. The van der Waals surface area contributed by atoms with Gasteiger partial charge in [0, 0.05) is 59.1 Å². The number of rotatable bonds is 6. The molecule has 34 heavy (non-hydrogen) atoms. The molecule has 0 spiro atoms. The highest BCUT2D eigenvalue weighted by Crippen LogP contribution is 2.34. The first-order valence-electron chi connectivity index (χ1n) is 11.6. The van der Waals surface area contributed by atoms with Crippen molar-refractivity contribution in [2.75, 3.05) is 24.3 Å². The Morgan fingerprint density at radius 2 is 1.97 bits per heavy atom. The van der Waals surface area contributed by atoms with Gasteiger partial charge in [0.25, 0.3) is 0 Å². The van der Waals surface area contributed by atoms with Crippen LogP contribution in [0.3, 0.4) is 0 Å². The summed E-state index contributed by atoms with van der Waals surface area (Å²) in [5, 5.41) is 5.70. The van der Waals surface area contributed by atoms with Crippen LogP contribution in [-0.4, -0.2) is 28.9 Å². The van der Waals surface area contributed by atoms with E-state index in [2.05, 4.69) is 69.6 Å². The van der Waals surface area contributed by atoms with Crippen molar-refractivity contribution in [3.05, 3.63) is 90.8 Å². The maximum Gasteiger partial charge on any atom is 0.144 e. The Balaban J connectivity index is 1.27. The number of nitrogens with one attached hydrogen (secondary N) is 1. The van der Waals surface area contributed by atoms with Gasteiger partial charge < -0.3 is 25.1 Å². The van der Waals surface area contributed by atoms with Gasteiger partial charge in [0.05, 0.1) is 24.4 Å². The highest BCUT2D eigenvalue weighted by Gasteiger charge is 2.19. The first-order valence-corrected chi connectivity index (χ1v) is 11.6. The van der Waals surface area contributed by atoms with E-state index in [9.17, 15) is 0 Å². The minimum Gasteiger partial charge on any atom is -0.486 e. The molecular formula is C28H26N4O2. The Hall–Kier alpha value is -4.03. The summed E-state index contributed by atoms with van der Waals surface area (Å²) in [5.74, 6) is 0.661. The summed E-state index contributed by atoms with van der Waals surface area (Å²) in [6.45, 7) is 2.18. The molecule has 0 amide bonds. The quantitative estimate of drug-likeness (QED) is 0.323. The Morgan fingerprint density at radius 1 is 1.06 bits per heavy atom. The topological polar surface area (TPSA) is 74.3 Å². The van der Waals surface area contributed by atoms with E-state index in [-0.39, 0.29) is 6.10 Å². The van der Waals surface area contributed by atoms with Crippen LogP contribution in [0.4, 0.5) is 17.1 Å². The van der Waals surface area contributed by atoms with Crippen molar-refractivity contribution >= 4 is 38.9 Å². The number of anilines is 3. The lowest BCUT2D eigenvalue weighted by Crippen LogP contribution is -2.16. The zero-order chi connectivity index (χ0) is 22.9. The average molecular weight is 451 g/mol. The summed E-state index contributed by atoms with van der Waals surface area (Å²) in [6.07, 6.45) is 4.86.